The molecule has 3 rings (SSSR count). The summed E-state index contributed by atoms with van der Waals surface area (Å²) in [5.74, 6) is -1.03. The minimum Gasteiger partial charge on any atom is -0.456 e. The zero-order chi connectivity index (χ0) is 16.4. The molecule has 0 fully saturated rings. The maximum Gasteiger partial charge on any atom is 0.338 e. The molecule has 116 valence electrons. The fourth-order valence-corrected chi connectivity index (χ4v) is 2.25. The highest BCUT2D eigenvalue weighted by atomic mass is 19.1. The van der Waals surface area contributed by atoms with Crippen LogP contribution in [0.1, 0.15) is 21.7 Å². The highest BCUT2D eigenvalue weighted by Crippen LogP contribution is 2.07. The highest BCUT2D eigenvalue weighted by molar-refractivity contribution is 5.89. The smallest absolute Gasteiger partial charge is 0.338 e. The molecule has 0 aliphatic heterocycles. The Bertz CT molecular complexity index is 933. The number of benzene rings is 1. The van der Waals surface area contributed by atoms with E-state index in [0.29, 0.717) is 11.3 Å². The van der Waals surface area contributed by atoms with Gasteiger partial charge < -0.3 is 4.74 Å². The molecule has 0 bridgehead atoms. The number of pyridine rings is 1. The zero-order valence-corrected chi connectivity index (χ0v) is 12.3. The van der Waals surface area contributed by atoms with Crippen LogP contribution in [-0.4, -0.2) is 15.4 Å². The van der Waals surface area contributed by atoms with E-state index in [1.165, 1.54) is 34.7 Å². The third kappa shape index (κ3) is 3.11. The molecule has 5 nitrogen and oxygen atoms in total. The lowest BCUT2D eigenvalue weighted by Gasteiger charge is -2.07. The third-order valence-electron chi connectivity index (χ3n) is 3.36. The molecule has 2 aromatic heterocycles. The second kappa shape index (κ2) is 6.00. The summed E-state index contributed by atoms with van der Waals surface area (Å²) < 4.78 is 19.4. The Kier molecular flexibility index (Phi) is 3.89. The van der Waals surface area contributed by atoms with Gasteiger partial charge in [0.25, 0.3) is 5.56 Å². The van der Waals surface area contributed by atoms with Crippen LogP contribution >= 0.6 is 0 Å². The number of esters is 1. The summed E-state index contributed by atoms with van der Waals surface area (Å²) in [6.45, 7) is 1.68. The van der Waals surface area contributed by atoms with Crippen molar-refractivity contribution in [3.05, 3.63) is 81.7 Å². The van der Waals surface area contributed by atoms with Crippen LogP contribution in [0.25, 0.3) is 5.65 Å². The Morgan fingerprint density at radius 1 is 1.22 bits per heavy atom. The number of fused-ring (bicyclic) bond motifs is 1. The number of rotatable bonds is 3. The molecule has 0 saturated heterocycles. The molecule has 0 radical (unpaired) electrons. The standard InChI is InChI=1S/C17H13FN2O3/c1-11-3-2-4-15-19-14(9-16(21)20(11)15)10-23-17(22)12-5-7-13(18)8-6-12/h2-9H,10H2,1H3. The van der Waals surface area contributed by atoms with Gasteiger partial charge in [-0.05, 0) is 43.3 Å². The van der Waals surface area contributed by atoms with Gasteiger partial charge in [0.1, 0.15) is 18.1 Å². The largest absolute Gasteiger partial charge is 0.456 e. The average Bonchev–Trinajstić information content (AvgIpc) is 2.53. The molecule has 0 saturated carbocycles. The van der Waals surface area contributed by atoms with E-state index in [-0.39, 0.29) is 17.7 Å². The van der Waals surface area contributed by atoms with Crippen molar-refractivity contribution in [1.82, 2.24) is 9.38 Å². The molecule has 1 aromatic carbocycles. The summed E-state index contributed by atoms with van der Waals surface area (Å²) in [4.78, 5) is 28.3. The van der Waals surface area contributed by atoms with Crippen molar-refractivity contribution in [2.24, 2.45) is 0 Å². The van der Waals surface area contributed by atoms with Crippen LogP contribution in [0, 0.1) is 12.7 Å². The van der Waals surface area contributed by atoms with Gasteiger partial charge in [0.05, 0.1) is 11.3 Å². The first kappa shape index (κ1) is 14.9. The quantitative estimate of drug-likeness (QED) is 0.697. The lowest BCUT2D eigenvalue weighted by Crippen LogP contribution is -2.18. The van der Waals surface area contributed by atoms with Gasteiger partial charge in [0, 0.05) is 11.8 Å². The van der Waals surface area contributed by atoms with E-state index in [2.05, 4.69) is 4.98 Å². The molecule has 0 aliphatic carbocycles. The Hall–Kier alpha value is -3.02. The summed E-state index contributed by atoms with van der Waals surface area (Å²) in [6, 6.07) is 11.7. The fraction of sp³-hybridized carbons (Fsp3) is 0.118. The highest BCUT2D eigenvalue weighted by Gasteiger charge is 2.09. The lowest BCUT2D eigenvalue weighted by atomic mass is 10.2. The maximum absolute atomic E-state index is 12.8. The molecule has 0 N–H and O–H groups in total. The number of ether oxygens (including phenoxy) is 1. The van der Waals surface area contributed by atoms with Gasteiger partial charge in [-0.25, -0.2) is 14.2 Å². The maximum atomic E-state index is 12.8. The summed E-state index contributed by atoms with van der Waals surface area (Å²) >= 11 is 0. The van der Waals surface area contributed by atoms with Crippen molar-refractivity contribution in [3.8, 4) is 0 Å². The number of aromatic nitrogens is 2. The summed E-state index contributed by atoms with van der Waals surface area (Å²) in [5, 5.41) is 0. The Labute approximate surface area is 131 Å². The van der Waals surface area contributed by atoms with Crippen LogP contribution in [0.15, 0.2) is 53.3 Å². The number of carbonyl (C=O) groups is 1. The van der Waals surface area contributed by atoms with Crippen molar-refractivity contribution < 1.29 is 13.9 Å². The summed E-state index contributed by atoms with van der Waals surface area (Å²) in [5.41, 5.74) is 1.62. The summed E-state index contributed by atoms with van der Waals surface area (Å²) in [7, 11) is 0. The number of aryl methyl sites for hydroxylation is 1. The van der Waals surface area contributed by atoms with Gasteiger partial charge in [-0.15, -0.1) is 0 Å². The van der Waals surface area contributed by atoms with Crippen LogP contribution < -0.4 is 5.56 Å². The minimum absolute atomic E-state index is 0.129. The molecule has 6 heteroatoms. The van der Waals surface area contributed by atoms with Crippen molar-refractivity contribution in [3.63, 3.8) is 0 Å². The lowest BCUT2D eigenvalue weighted by molar-refractivity contribution is 0.0467. The van der Waals surface area contributed by atoms with E-state index in [9.17, 15) is 14.0 Å². The van der Waals surface area contributed by atoms with E-state index in [0.717, 1.165) is 5.69 Å². The molecule has 0 aliphatic rings. The van der Waals surface area contributed by atoms with Crippen molar-refractivity contribution in [2.45, 2.75) is 13.5 Å². The Balaban J connectivity index is 1.81. The van der Waals surface area contributed by atoms with E-state index in [1.54, 1.807) is 12.1 Å². The molecule has 3 aromatic rings. The molecular formula is C17H13FN2O3. The number of carbonyl (C=O) groups excluding carboxylic acids is 1. The predicted molar refractivity (Wildman–Crippen MR) is 81.7 cm³/mol. The van der Waals surface area contributed by atoms with Gasteiger partial charge in [0.15, 0.2) is 0 Å². The molecular weight excluding hydrogens is 299 g/mol. The van der Waals surface area contributed by atoms with Gasteiger partial charge in [-0.2, -0.15) is 0 Å². The Morgan fingerprint density at radius 3 is 2.70 bits per heavy atom. The molecule has 0 amide bonds. The van der Waals surface area contributed by atoms with Crippen LogP contribution in [0.2, 0.25) is 0 Å². The van der Waals surface area contributed by atoms with Gasteiger partial charge in [-0.3, -0.25) is 9.20 Å². The molecule has 23 heavy (non-hydrogen) atoms. The van der Waals surface area contributed by atoms with E-state index in [4.69, 9.17) is 4.74 Å². The van der Waals surface area contributed by atoms with Gasteiger partial charge >= 0.3 is 5.97 Å². The van der Waals surface area contributed by atoms with Gasteiger partial charge in [0.2, 0.25) is 0 Å². The van der Waals surface area contributed by atoms with Crippen molar-refractivity contribution >= 4 is 11.6 Å². The SMILES string of the molecule is Cc1cccc2nc(COC(=O)c3ccc(F)cc3)cc(=O)n12. The van der Waals surface area contributed by atoms with E-state index < -0.39 is 11.8 Å². The topological polar surface area (TPSA) is 60.7 Å². The summed E-state index contributed by atoms with van der Waals surface area (Å²) in [6.07, 6.45) is 0. The monoisotopic (exact) mass is 312 g/mol. The second-order valence-electron chi connectivity index (χ2n) is 5.03. The molecule has 0 unspecified atom stereocenters. The number of nitrogens with zero attached hydrogens (tertiary/aromatic N) is 2. The number of halogens is 1. The van der Waals surface area contributed by atoms with Crippen LogP contribution in [0.3, 0.4) is 0 Å². The average molecular weight is 312 g/mol. The second-order valence-corrected chi connectivity index (χ2v) is 5.03. The van der Waals surface area contributed by atoms with Gasteiger partial charge in [-0.1, -0.05) is 6.07 Å². The first-order valence-electron chi connectivity index (χ1n) is 6.95. The van der Waals surface area contributed by atoms with Crippen molar-refractivity contribution in [2.75, 3.05) is 0 Å². The minimum atomic E-state index is -0.601. The molecule has 0 atom stereocenters. The van der Waals surface area contributed by atoms with Crippen LogP contribution in [0.4, 0.5) is 4.39 Å². The molecule has 2 heterocycles. The third-order valence-corrected chi connectivity index (χ3v) is 3.36. The zero-order valence-electron chi connectivity index (χ0n) is 12.3. The first-order chi connectivity index (χ1) is 11.0. The fourth-order valence-electron chi connectivity index (χ4n) is 2.25. The van der Waals surface area contributed by atoms with Crippen molar-refractivity contribution in [1.29, 1.82) is 0 Å². The van der Waals surface area contributed by atoms with Crippen LogP contribution in [0.5, 0.6) is 0 Å². The van der Waals surface area contributed by atoms with E-state index in [1.807, 2.05) is 13.0 Å². The Morgan fingerprint density at radius 2 is 1.96 bits per heavy atom. The normalized spacial score (nSPS) is 10.7. The number of hydrogen-bond donors (Lipinski definition) is 0. The number of hydrogen-bond acceptors (Lipinski definition) is 4. The van der Waals surface area contributed by atoms with E-state index >= 15 is 0 Å². The molecule has 0 spiro atoms. The first-order valence-corrected chi connectivity index (χ1v) is 6.95. The van der Waals surface area contributed by atoms with Crippen LogP contribution in [-0.2, 0) is 11.3 Å². The predicted octanol–water partition coefficient (Wildman–Crippen LogP) is 2.50.